The van der Waals surface area contributed by atoms with Crippen molar-refractivity contribution in [3.63, 3.8) is 0 Å². The number of carbonyl (C=O) groups is 5. The van der Waals surface area contributed by atoms with Crippen LogP contribution in [0.15, 0.2) is 84.2 Å². The van der Waals surface area contributed by atoms with Crippen LogP contribution in [0, 0.1) is 56.3 Å². The normalized spacial score (nSPS) is 10.6. The van der Waals surface area contributed by atoms with E-state index in [4.69, 9.17) is 66.7 Å². The average molecular weight is 1260 g/mol. The van der Waals surface area contributed by atoms with Gasteiger partial charge in [-0.15, -0.1) is 0 Å². The van der Waals surface area contributed by atoms with Crippen LogP contribution in [0.5, 0.6) is 0 Å². The highest BCUT2D eigenvalue weighted by Gasteiger charge is 2.23. The number of carbonyl (C=O) groups excluding carboxylic acids is 4. The number of nitrogens with two attached hydrogens (primary N) is 2. The number of halogens is 6. The van der Waals surface area contributed by atoms with Crippen molar-refractivity contribution in [2.24, 2.45) is 26.7 Å². The maximum atomic E-state index is 11.6. The number of aryl methyl sites for hydroxylation is 5. The number of nitrogens with one attached hydrogen (secondary N) is 2. The molecule has 10 N–H and O–H groups in total. The van der Waals surface area contributed by atoms with Crippen molar-refractivity contribution in [3.05, 3.63) is 123 Å². The summed E-state index contributed by atoms with van der Waals surface area (Å²) in [6.07, 6.45) is 4.99. The van der Waals surface area contributed by atoms with Crippen LogP contribution >= 0.6 is 73.7 Å². The summed E-state index contributed by atoms with van der Waals surface area (Å²) in [5.41, 5.74) is 14.1. The summed E-state index contributed by atoms with van der Waals surface area (Å²) in [7, 11) is 0. The summed E-state index contributed by atoms with van der Waals surface area (Å²) < 4.78 is 10.4. The maximum Gasteiger partial charge on any atom is 0.339 e. The Morgan fingerprint density at radius 1 is 0.588 bits per heavy atom. The molecule has 0 unspecified atom stereocenters. The Balaban J connectivity index is -0.000000275. The second kappa shape index (κ2) is 39.9. The van der Waals surface area contributed by atoms with Gasteiger partial charge in [0, 0.05) is 47.2 Å². The number of aromatic nitrogens is 5. The van der Waals surface area contributed by atoms with E-state index in [0.717, 1.165) is 39.5 Å². The molecule has 450 valence electrons. The highest BCUT2D eigenvalue weighted by molar-refractivity contribution is 8.24. The highest BCUT2D eigenvalue weighted by atomic mass is 36.0. The molecular weight excluding hydrogens is 1180 g/mol. The third-order valence-electron chi connectivity index (χ3n) is 8.29. The van der Waals surface area contributed by atoms with Crippen molar-refractivity contribution in [1.29, 1.82) is 0 Å². The van der Waals surface area contributed by atoms with Crippen molar-refractivity contribution in [3.8, 4) is 0 Å². The number of carboxylic acid groups (broad SMARTS) is 1. The number of carboxylic acids is 1. The molecule has 0 fully saturated rings. The van der Waals surface area contributed by atoms with E-state index in [0.29, 0.717) is 33.6 Å². The van der Waals surface area contributed by atoms with Crippen molar-refractivity contribution >= 4 is 126 Å². The van der Waals surface area contributed by atoms with E-state index in [1.165, 1.54) is 6.20 Å². The standard InChI is InChI=1S/C11H15ClN2O.C11H16N2O2.C11H16N2O.C6H7ClN2.C6H8N2.C5H9ClO.C2H4O2.CH4.Cl3OP.H2O2/c1-7-5-6-8(13-9(7)12)14-10(15)11(2,3)4;1-8-5-6-9(13(15)7-8)12-10(14)11(2,3)4;1-8-5-6-9(12-7-8)13-10(14)11(2,3)4;1-4-2-3-5(8)9-6(4)7;1-5-2-3-6(7)8-4-5;1-5(2,3)4(6)7;1-2(3)4;;1-5(2,3)4;1-2/h5-6H,1-4H3,(H,13,14,15);5-7,15H,1-4H3;5-7H,1-4H3,(H,12,13,14);2-3H,1H3,(H2,8,9);2-4H,1H3,(H2,7,8);1-3H3;1H3,(H,3,4);1H4;;1-2H. The lowest BCUT2D eigenvalue weighted by Gasteiger charge is -2.17. The van der Waals surface area contributed by atoms with E-state index in [1.54, 1.807) is 90.3 Å². The second-order valence-electron chi connectivity index (χ2n) is 20.6. The quantitative estimate of drug-likeness (QED) is 0.0203. The van der Waals surface area contributed by atoms with Crippen LogP contribution in [0.25, 0.3) is 0 Å². The molecule has 0 aliphatic rings. The van der Waals surface area contributed by atoms with Crippen molar-refractivity contribution < 1.29 is 49.4 Å². The molecule has 20 nitrogen and oxygen atoms in total. The minimum absolute atomic E-state index is 0. The van der Waals surface area contributed by atoms with E-state index >= 15 is 0 Å². The summed E-state index contributed by atoms with van der Waals surface area (Å²) in [5, 5.41) is 31.8. The molecule has 0 bridgehead atoms. The van der Waals surface area contributed by atoms with Gasteiger partial charge in [-0.05, 0) is 138 Å². The van der Waals surface area contributed by atoms with Gasteiger partial charge in [0.2, 0.25) is 17.1 Å². The Kier molecular flexibility index (Phi) is 41.6. The molecule has 27 heteroatoms. The highest BCUT2D eigenvalue weighted by Crippen LogP contribution is 2.61. The molecule has 0 aliphatic heterocycles. The number of pyridine rings is 5. The van der Waals surface area contributed by atoms with Crippen LogP contribution in [0.4, 0.5) is 23.3 Å². The fourth-order valence-electron chi connectivity index (χ4n) is 3.66. The topological polar surface area (TPSA) is 328 Å². The predicted molar refractivity (Wildman–Crippen MR) is 328 cm³/mol. The zero-order valence-electron chi connectivity index (χ0n) is 47.8. The first kappa shape index (κ1) is 83.4. The molecule has 0 saturated carbocycles. The molecule has 0 aliphatic carbocycles. The summed E-state index contributed by atoms with van der Waals surface area (Å²) in [6, 6.07) is 18.0. The Hall–Kier alpha value is -5.41. The first-order valence-electron chi connectivity index (χ1n) is 23.2. The predicted octanol–water partition coefficient (Wildman–Crippen LogP) is 14.9. The third-order valence-corrected chi connectivity index (χ3v) is 9.62. The van der Waals surface area contributed by atoms with Crippen LogP contribution < -0.4 is 27.6 Å². The largest absolute Gasteiger partial charge is 0.481 e. The number of hydrogen-bond acceptors (Lipinski definition) is 15. The van der Waals surface area contributed by atoms with Gasteiger partial charge in [-0.3, -0.25) is 39.1 Å². The van der Waals surface area contributed by atoms with Crippen LogP contribution in [0.1, 0.15) is 125 Å². The first-order chi connectivity index (χ1) is 35.7. The van der Waals surface area contributed by atoms with E-state index in [2.05, 4.69) is 69.3 Å². The summed E-state index contributed by atoms with van der Waals surface area (Å²) >= 11 is 30.4. The van der Waals surface area contributed by atoms with Crippen LogP contribution in [-0.4, -0.2) is 74.4 Å². The monoisotopic (exact) mass is 1260 g/mol. The molecule has 3 amide bonds. The number of amides is 3. The Morgan fingerprint density at radius 2 is 0.938 bits per heavy atom. The third kappa shape index (κ3) is 46.4. The smallest absolute Gasteiger partial charge is 0.339 e. The number of rotatable bonds is 2. The number of anilines is 4. The maximum absolute atomic E-state index is 11.6. The molecule has 0 saturated heterocycles. The Labute approximate surface area is 500 Å². The van der Waals surface area contributed by atoms with Crippen molar-refractivity contribution in [2.75, 3.05) is 22.1 Å². The zero-order valence-corrected chi connectivity index (χ0v) is 53.2. The van der Waals surface area contributed by atoms with Gasteiger partial charge < -0.3 is 32.4 Å². The van der Waals surface area contributed by atoms with Crippen molar-refractivity contribution in [2.45, 2.75) is 132 Å². The van der Waals surface area contributed by atoms with Gasteiger partial charge in [-0.1, -0.05) is 144 Å². The van der Waals surface area contributed by atoms with Gasteiger partial charge in [0.25, 0.3) is 11.9 Å². The summed E-state index contributed by atoms with van der Waals surface area (Å²) in [5.74, 6) is 0.958. The van der Waals surface area contributed by atoms with Crippen molar-refractivity contribution in [1.82, 2.24) is 24.7 Å². The molecule has 5 aromatic heterocycles. The fraction of sp³-hybridized carbons (Fsp3) is 0.434. The van der Waals surface area contributed by atoms with Crippen LogP contribution in [0.2, 0.25) is 10.3 Å². The lowest BCUT2D eigenvalue weighted by atomic mass is 9.96. The number of nitrogens with zero attached hydrogens (tertiary/aromatic N) is 6. The molecule has 5 aromatic rings. The fourth-order valence-corrected chi connectivity index (χ4v) is 3.98. The van der Waals surface area contributed by atoms with E-state index < -0.39 is 22.0 Å². The molecular formula is C53H81Cl6N10O10P. The van der Waals surface area contributed by atoms with Gasteiger partial charge in [0.1, 0.15) is 33.6 Å². The number of nitrogen functional groups attached to an aromatic ring is 2. The van der Waals surface area contributed by atoms with Gasteiger partial charge in [0.15, 0.2) is 5.49 Å². The van der Waals surface area contributed by atoms with Crippen LogP contribution in [-0.2, 0) is 28.5 Å². The first-order valence-corrected chi connectivity index (χ1v) is 28.7. The minimum Gasteiger partial charge on any atom is -0.481 e. The van der Waals surface area contributed by atoms with Crippen LogP contribution in [0.3, 0.4) is 0 Å². The number of aliphatic carboxylic acids is 1. The molecule has 0 spiro atoms. The number of hydrogen-bond donors (Lipinski definition) is 8. The second-order valence-corrected chi connectivity index (χ2v) is 28.3. The van der Waals surface area contributed by atoms with Gasteiger partial charge in [0.05, 0.1) is 0 Å². The summed E-state index contributed by atoms with van der Waals surface area (Å²) in [6.45, 7) is 32.5. The summed E-state index contributed by atoms with van der Waals surface area (Å²) in [4.78, 5) is 73.7. The SMILES string of the molecule is C.CC(=O)O.CC(C)(C)C(=O)Cl.Cc1ccc(=NC(=O)C(C)(C)C)n(O)c1.Cc1ccc(N)nc1.Cc1ccc(N)nc1Cl.Cc1ccc(NC(=O)C(C)(C)C)nc1.Cc1ccc(NC(=O)C(C)(C)C)nc1Cl.O=P(Cl)(Cl)Cl.OO. The lowest BCUT2D eigenvalue weighted by Crippen LogP contribution is -2.28. The lowest BCUT2D eigenvalue weighted by molar-refractivity contribution is -0.176. The van der Waals surface area contributed by atoms with Gasteiger partial charge in [-0.25, -0.2) is 19.9 Å². The molecule has 5 rings (SSSR count). The molecule has 0 atom stereocenters. The minimum atomic E-state index is -3.22. The molecule has 0 radical (unpaired) electrons. The van der Waals surface area contributed by atoms with E-state index in [9.17, 15) is 29.0 Å². The van der Waals surface area contributed by atoms with Gasteiger partial charge >= 0.3 is 5.20 Å². The molecule has 5 heterocycles. The Morgan fingerprint density at radius 3 is 1.24 bits per heavy atom. The Bertz CT molecular complexity index is 2760. The van der Waals surface area contributed by atoms with E-state index in [-0.39, 0.29) is 46.7 Å². The van der Waals surface area contributed by atoms with Gasteiger partial charge in [-0.2, -0.15) is 9.72 Å². The zero-order chi connectivity index (χ0) is 63.0. The molecule has 80 heavy (non-hydrogen) atoms. The van der Waals surface area contributed by atoms with E-state index in [1.807, 2.05) is 100 Å². The average Bonchev–Trinajstić information content (AvgIpc) is 3.29. The molecule has 0 aromatic carbocycles.